The molecule has 0 aliphatic carbocycles. The van der Waals surface area contributed by atoms with E-state index in [0.717, 1.165) is 23.2 Å². The molecule has 4 heteroatoms. The smallest absolute Gasteiger partial charge is 0.0931 e. The third kappa shape index (κ3) is 3.44. The Morgan fingerprint density at radius 2 is 2.47 bits per heavy atom. The number of hydrogen-bond donors (Lipinski definition) is 1. The lowest BCUT2D eigenvalue weighted by atomic mass is 9.93. The summed E-state index contributed by atoms with van der Waals surface area (Å²) >= 11 is 7.63. The van der Waals surface area contributed by atoms with Crippen LogP contribution in [0.5, 0.6) is 0 Å². The number of thiophene rings is 1. The van der Waals surface area contributed by atoms with Gasteiger partial charge in [-0.3, -0.25) is 4.90 Å². The normalized spacial score (nSPS) is 23.8. The number of likely N-dealkylation sites (tertiary alicyclic amines) is 1. The predicted molar refractivity (Wildman–Crippen MR) is 75.7 cm³/mol. The Hall–Kier alpha value is -0.0900. The molecule has 0 bridgehead atoms. The average Bonchev–Trinajstić information content (AvgIpc) is 2.76. The second-order valence-corrected chi connectivity index (χ2v) is 6.48. The standard InChI is InChI=1S/C13H21ClN2S/c1-10(12-7-13(14)17-9-12)16-6-2-3-11(8-16)4-5-15/h7,9-11H,2-6,8,15H2,1H3. The molecule has 1 saturated heterocycles. The minimum atomic E-state index is 0.485. The zero-order chi connectivity index (χ0) is 12.3. The Bertz CT molecular complexity index is 351. The Morgan fingerprint density at radius 1 is 1.65 bits per heavy atom. The van der Waals surface area contributed by atoms with E-state index in [-0.39, 0.29) is 0 Å². The number of rotatable bonds is 4. The van der Waals surface area contributed by atoms with Crippen molar-refractivity contribution in [2.24, 2.45) is 11.7 Å². The largest absolute Gasteiger partial charge is 0.330 e. The second-order valence-electron chi connectivity index (χ2n) is 4.94. The highest BCUT2D eigenvalue weighted by Crippen LogP contribution is 2.31. The Kier molecular flexibility index (Phi) is 4.86. The molecule has 0 spiro atoms. The molecule has 1 aromatic heterocycles. The fraction of sp³-hybridized carbons (Fsp3) is 0.692. The van der Waals surface area contributed by atoms with Crippen LogP contribution in [0.25, 0.3) is 0 Å². The first-order valence-electron chi connectivity index (χ1n) is 6.38. The average molecular weight is 273 g/mol. The summed E-state index contributed by atoms with van der Waals surface area (Å²) in [6.07, 6.45) is 3.80. The van der Waals surface area contributed by atoms with Crippen LogP contribution in [0.1, 0.15) is 37.8 Å². The van der Waals surface area contributed by atoms with Gasteiger partial charge in [0.05, 0.1) is 4.34 Å². The van der Waals surface area contributed by atoms with Crippen molar-refractivity contribution in [3.63, 3.8) is 0 Å². The number of nitrogens with zero attached hydrogens (tertiary/aromatic N) is 1. The van der Waals surface area contributed by atoms with Gasteiger partial charge in [-0.15, -0.1) is 11.3 Å². The molecular formula is C13H21ClN2S. The number of halogens is 1. The first-order valence-corrected chi connectivity index (χ1v) is 7.64. The van der Waals surface area contributed by atoms with Crippen molar-refractivity contribution in [2.45, 2.75) is 32.2 Å². The molecule has 2 N–H and O–H groups in total. The van der Waals surface area contributed by atoms with E-state index in [4.69, 9.17) is 17.3 Å². The van der Waals surface area contributed by atoms with Crippen LogP contribution in [-0.2, 0) is 0 Å². The van der Waals surface area contributed by atoms with Crippen molar-refractivity contribution in [2.75, 3.05) is 19.6 Å². The molecule has 1 fully saturated rings. The van der Waals surface area contributed by atoms with E-state index in [9.17, 15) is 0 Å². The van der Waals surface area contributed by atoms with Crippen molar-refractivity contribution in [1.82, 2.24) is 4.90 Å². The maximum atomic E-state index is 6.01. The molecule has 0 amide bonds. The van der Waals surface area contributed by atoms with Gasteiger partial charge in [-0.05, 0) is 62.2 Å². The fourth-order valence-corrected chi connectivity index (χ4v) is 3.65. The van der Waals surface area contributed by atoms with Gasteiger partial charge in [0.25, 0.3) is 0 Å². The first-order chi connectivity index (χ1) is 8.20. The third-order valence-electron chi connectivity index (χ3n) is 3.74. The van der Waals surface area contributed by atoms with Crippen molar-refractivity contribution in [1.29, 1.82) is 0 Å². The van der Waals surface area contributed by atoms with Gasteiger partial charge in [0.1, 0.15) is 0 Å². The second kappa shape index (κ2) is 6.19. The van der Waals surface area contributed by atoms with Crippen molar-refractivity contribution in [3.05, 3.63) is 21.3 Å². The third-order valence-corrected chi connectivity index (χ3v) is 4.85. The van der Waals surface area contributed by atoms with E-state index in [2.05, 4.69) is 23.3 Å². The molecule has 96 valence electrons. The van der Waals surface area contributed by atoms with Crippen molar-refractivity contribution >= 4 is 22.9 Å². The van der Waals surface area contributed by atoms with E-state index in [1.807, 2.05) is 0 Å². The van der Waals surface area contributed by atoms with Crippen LogP contribution in [0.3, 0.4) is 0 Å². The van der Waals surface area contributed by atoms with E-state index in [0.29, 0.717) is 6.04 Å². The molecule has 0 aromatic carbocycles. The van der Waals surface area contributed by atoms with Crippen LogP contribution >= 0.6 is 22.9 Å². The fourth-order valence-electron chi connectivity index (χ4n) is 2.67. The van der Waals surface area contributed by atoms with Gasteiger partial charge in [0, 0.05) is 12.6 Å². The summed E-state index contributed by atoms with van der Waals surface area (Å²) in [6, 6.07) is 2.59. The lowest BCUT2D eigenvalue weighted by molar-refractivity contribution is 0.128. The number of piperidine rings is 1. The maximum absolute atomic E-state index is 6.01. The molecule has 17 heavy (non-hydrogen) atoms. The molecule has 0 radical (unpaired) electrons. The molecule has 2 atom stereocenters. The highest BCUT2D eigenvalue weighted by Gasteiger charge is 2.24. The maximum Gasteiger partial charge on any atom is 0.0931 e. The van der Waals surface area contributed by atoms with Crippen molar-refractivity contribution in [3.8, 4) is 0 Å². The summed E-state index contributed by atoms with van der Waals surface area (Å²) in [6.45, 7) is 5.49. The van der Waals surface area contributed by atoms with Crippen LogP contribution in [0, 0.1) is 5.92 Å². The Morgan fingerprint density at radius 3 is 3.12 bits per heavy atom. The number of nitrogens with two attached hydrogens (primary N) is 1. The van der Waals surface area contributed by atoms with Gasteiger partial charge in [-0.2, -0.15) is 0 Å². The number of hydrogen-bond acceptors (Lipinski definition) is 3. The molecule has 1 aliphatic heterocycles. The molecule has 0 saturated carbocycles. The zero-order valence-electron chi connectivity index (χ0n) is 10.4. The summed E-state index contributed by atoms with van der Waals surface area (Å²) in [5.74, 6) is 0.783. The van der Waals surface area contributed by atoms with Gasteiger partial charge in [0.15, 0.2) is 0 Å². The highest BCUT2D eigenvalue weighted by atomic mass is 35.5. The van der Waals surface area contributed by atoms with E-state index in [1.54, 1.807) is 11.3 Å². The van der Waals surface area contributed by atoms with Gasteiger partial charge in [-0.1, -0.05) is 11.6 Å². The minimum Gasteiger partial charge on any atom is -0.330 e. The summed E-state index contributed by atoms with van der Waals surface area (Å²) in [5, 5.41) is 2.18. The van der Waals surface area contributed by atoms with Gasteiger partial charge in [-0.25, -0.2) is 0 Å². The molecule has 2 unspecified atom stereocenters. The topological polar surface area (TPSA) is 29.3 Å². The Balaban J connectivity index is 1.97. The Labute approximate surface area is 113 Å². The van der Waals surface area contributed by atoms with Crippen LogP contribution in [0.2, 0.25) is 4.34 Å². The van der Waals surface area contributed by atoms with Crippen LogP contribution in [0.15, 0.2) is 11.4 Å². The van der Waals surface area contributed by atoms with Crippen LogP contribution in [0.4, 0.5) is 0 Å². The lowest BCUT2D eigenvalue weighted by Crippen LogP contribution is -2.37. The van der Waals surface area contributed by atoms with Gasteiger partial charge in [0.2, 0.25) is 0 Å². The zero-order valence-corrected chi connectivity index (χ0v) is 11.9. The highest BCUT2D eigenvalue weighted by molar-refractivity contribution is 7.14. The molecular weight excluding hydrogens is 252 g/mol. The first kappa shape index (κ1) is 13.3. The van der Waals surface area contributed by atoms with Crippen molar-refractivity contribution < 1.29 is 0 Å². The summed E-state index contributed by atoms with van der Waals surface area (Å²) < 4.78 is 0.891. The predicted octanol–water partition coefficient (Wildman–Crippen LogP) is 3.52. The molecule has 1 aromatic rings. The van der Waals surface area contributed by atoms with Crippen LogP contribution in [-0.4, -0.2) is 24.5 Å². The summed E-state index contributed by atoms with van der Waals surface area (Å²) in [5.41, 5.74) is 7.02. The van der Waals surface area contributed by atoms with Gasteiger partial charge < -0.3 is 5.73 Å². The monoisotopic (exact) mass is 272 g/mol. The SMILES string of the molecule is CC(c1csc(Cl)c1)N1CCCC(CCN)C1. The molecule has 2 rings (SSSR count). The molecule has 2 heterocycles. The van der Waals surface area contributed by atoms with Crippen LogP contribution < -0.4 is 5.73 Å². The van der Waals surface area contributed by atoms with Gasteiger partial charge >= 0.3 is 0 Å². The minimum absolute atomic E-state index is 0.485. The summed E-state index contributed by atoms with van der Waals surface area (Å²) in [4.78, 5) is 2.57. The van der Waals surface area contributed by atoms with E-state index >= 15 is 0 Å². The van der Waals surface area contributed by atoms with E-state index < -0.39 is 0 Å². The van der Waals surface area contributed by atoms with E-state index in [1.165, 1.54) is 31.5 Å². The molecule has 2 nitrogen and oxygen atoms in total. The molecule has 1 aliphatic rings. The quantitative estimate of drug-likeness (QED) is 0.909. The lowest BCUT2D eigenvalue weighted by Gasteiger charge is -2.36. The summed E-state index contributed by atoms with van der Waals surface area (Å²) in [7, 11) is 0.